The molecule has 7 heteroatoms. The lowest BCUT2D eigenvalue weighted by Crippen LogP contribution is -2.33. The molecule has 1 aromatic rings. The molecule has 1 unspecified atom stereocenters. The van der Waals surface area contributed by atoms with Gasteiger partial charge in [-0.15, -0.1) is 12.4 Å². The molecule has 0 aromatic heterocycles. The Morgan fingerprint density at radius 1 is 1.39 bits per heavy atom. The highest BCUT2D eigenvalue weighted by Crippen LogP contribution is 2.16. The Balaban J connectivity index is 0.00000264. The Morgan fingerprint density at radius 2 is 2.17 bits per heavy atom. The fourth-order valence-corrected chi connectivity index (χ4v) is 2.64. The number of anilines is 1. The van der Waals surface area contributed by atoms with Gasteiger partial charge in [0.15, 0.2) is 0 Å². The van der Waals surface area contributed by atoms with Crippen LogP contribution in [0, 0.1) is 11.7 Å². The van der Waals surface area contributed by atoms with E-state index in [1.165, 1.54) is 25.1 Å². The van der Waals surface area contributed by atoms with Gasteiger partial charge in [0.1, 0.15) is 5.82 Å². The molecule has 0 radical (unpaired) electrons. The van der Waals surface area contributed by atoms with Crippen molar-refractivity contribution < 1.29 is 14.0 Å². The zero-order valence-corrected chi connectivity index (χ0v) is 14.0. The summed E-state index contributed by atoms with van der Waals surface area (Å²) in [7, 11) is 0. The van der Waals surface area contributed by atoms with Crippen molar-refractivity contribution in [2.45, 2.75) is 26.2 Å². The first-order valence-electron chi connectivity index (χ1n) is 7.62. The van der Waals surface area contributed by atoms with Gasteiger partial charge in [0.05, 0.1) is 5.56 Å². The van der Waals surface area contributed by atoms with Gasteiger partial charge < -0.3 is 16.0 Å². The maximum absolute atomic E-state index is 13.8. The lowest BCUT2D eigenvalue weighted by Gasteiger charge is -2.22. The van der Waals surface area contributed by atoms with E-state index in [0.717, 1.165) is 32.4 Å². The zero-order chi connectivity index (χ0) is 15.9. The lowest BCUT2D eigenvalue weighted by molar-refractivity contribution is -0.114. The Bertz CT molecular complexity index is 548. The number of carbonyl (C=O) groups excluding carboxylic acids is 2. The van der Waals surface area contributed by atoms with E-state index in [-0.39, 0.29) is 23.9 Å². The molecule has 1 aliphatic heterocycles. The summed E-state index contributed by atoms with van der Waals surface area (Å²) in [5.41, 5.74) is 0.364. The summed E-state index contributed by atoms with van der Waals surface area (Å²) >= 11 is 0. The standard InChI is InChI=1S/C16H22FN3O2.ClH/c1-11(21)20-13-4-5-15(17)14(9-13)16(22)19-8-6-12-3-2-7-18-10-12;/h4-5,9,12,18H,2-3,6-8,10H2,1H3,(H,19,22)(H,20,21);1H. The quantitative estimate of drug-likeness (QED) is 0.768. The predicted molar refractivity (Wildman–Crippen MR) is 90.5 cm³/mol. The molecule has 5 nitrogen and oxygen atoms in total. The number of amides is 2. The summed E-state index contributed by atoms with van der Waals surface area (Å²) < 4.78 is 13.8. The Hall–Kier alpha value is -1.66. The number of benzene rings is 1. The first kappa shape index (κ1) is 19.4. The summed E-state index contributed by atoms with van der Waals surface area (Å²) in [6.07, 6.45) is 3.20. The summed E-state index contributed by atoms with van der Waals surface area (Å²) in [6, 6.07) is 3.97. The topological polar surface area (TPSA) is 70.2 Å². The molecule has 2 amide bonds. The first-order chi connectivity index (χ1) is 10.6. The number of hydrogen-bond acceptors (Lipinski definition) is 3. The number of nitrogens with one attached hydrogen (secondary N) is 3. The average molecular weight is 344 g/mol. The lowest BCUT2D eigenvalue weighted by atomic mass is 9.96. The Kier molecular flexibility index (Phi) is 7.98. The van der Waals surface area contributed by atoms with Gasteiger partial charge in [-0.3, -0.25) is 9.59 Å². The van der Waals surface area contributed by atoms with E-state index >= 15 is 0 Å². The number of hydrogen-bond donors (Lipinski definition) is 3. The SMILES string of the molecule is CC(=O)Nc1ccc(F)c(C(=O)NCCC2CCCNC2)c1.Cl. The van der Waals surface area contributed by atoms with E-state index in [9.17, 15) is 14.0 Å². The van der Waals surface area contributed by atoms with Crippen LogP contribution in [-0.4, -0.2) is 31.4 Å². The highest BCUT2D eigenvalue weighted by Gasteiger charge is 2.15. The van der Waals surface area contributed by atoms with Gasteiger partial charge in [0, 0.05) is 19.2 Å². The van der Waals surface area contributed by atoms with Crippen molar-refractivity contribution in [3.63, 3.8) is 0 Å². The molecular weight excluding hydrogens is 321 g/mol. The van der Waals surface area contributed by atoms with E-state index in [0.29, 0.717) is 18.2 Å². The molecule has 1 atom stereocenters. The molecule has 1 fully saturated rings. The van der Waals surface area contributed by atoms with E-state index in [4.69, 9.17) is 0 Å². The van der Waals surface area contributed by atoms with Crippen molar-refractivity contribution in [2.75, 3.05) is 25.0 Å². The molecular formula is C16H23ClFN3O2. The number of carbonyl (C=O) groups is 2. The van der Waals surface area contributed by atoms with Crippen LogP contribution in [0.2, 0.25) is 0 Å². The minimum absolute atomic E-state index is 0. The van der Waals surface area contributed by atoms with Gasteiger partial charge in [-0.2, -0.15) is 0 Å². The van der Waals surface area contributed by atoms with Crippen LogP contribution in [0.3, 0.4) is 0 Å². The Labute approximate surface area is 141 Å². The van der Waals surface area contributed by atoms with Crippen LogP contribution in [0.5, 0.6) is 0 Å². The highest BCUT2D eigenvalue weighted by molar-refractivity contribution is 5.97. The number of halogens is 2. The molecule has 128 valence electrons. The van der Waals surface area contributed by atoms with Crippen molar-refractivity contribution >= 4 is 29.9 Å². The van der Waals surface area contributed by atoms with E-state index < -0.39 is 11.7 Å². The second-order valence-electron chi connectivity index (χ2n) is 5.63. The highest BCUT2D eigenvalue weighted by atomic mass is 35.5. The van der Waals surface area contributed by atoms with Gasteiger partial charge in [-0.05, 0) is 56.5 Å². The van der Waals surface area contributed by atoms with Crippen LogP contribution in [-0.2, 0) is 4.79 Å². The normalized spacial score (nSPS) is 17.0. The molecule has 1 aliphatic rings. The monoisotopic (exact) mass is 343 g/mol. The van der Waals surface area contributed by atoms with Crippen molar-refractivity contribution in [3.05, 3.63) is 29.6 Å². The van der Waals surface area contributed by atoms with Gasteiger partial charge in [-0.1, -0.05) is 0 Å². The summed E-state index contributed by atoms with van der Waals surface area (Å²) in [5.74, 6) is -0.744. The van der Waals surface area contributed by atoms with Gasteiger partial charge in [-0.25, -0.2) is 4.39 Å². The van der Waals surface area contributed by atoms with Crippen LogP contribution in [0.1, 0.15) is 36.5 Å². The summed E-state index contributed by atoms with van der Waals surface area (Å²) in [6.45, 7) is 3.92. The van der Waals surface area contributed by atoms with Crippen molar-refractivity contribution in [2.24, 2.45) is 5.92 Å². The molecule has 23 heavy (non-hydrogen) atoms. The van der Waals surface area contributed by atoms with E-state index in [2.05, 4.69) is 16.0 Å². The van der Waals surface area contributed by atoms with E-state index in [1.807, 2.05) is 0 Å². The number of piperidine rings is 1. The van der Waals surface area contributed by atoms with E-state index in [1.54, 1.807) is 0 Å². The smallest absolute Gasteiger partial charge is 0.254 e. The molecule has 0 bridgehead atoms. The molecule has 0 aliphatic carbocycles. The van der Waals surface area contributed by atoms with Gasteiger partial charge in [0.25, 0.3) is 5.91 Å². The maximum Gasteiger partial charge on any atom is 0.254 e. The van der Waals surface area contributed by atoms with Gasteiger partial charge in [0.2, 0.25) is 5.91 Å². The van der Waals surface area contributed by atoms with Crippen molar-refractivity contribution in [1.29, 1.82) is 0 Å². The largest absolute Gasteiger partial charge is 0.352 e. The van der Waals surface area contributed by atoms with Crippen molar-refractivity contribution in [3.8, 4) is 0 Å². The average Bonchev–Trinajstić information content (AvgIpc) is 2.49. The summed E-state index contributed by atoms with van der Waals surface area (Å²) in [5, 5.41) is 8.62. The fraction of sp³-hybridized carbons (Fsp3) is 0.500. The fourth-order valence-electron chi connectivity index (χ4n) is 2.64. The second-order valence-corrected chi connectivity index (χ2v) is 5.63. The molecule has 3 N–H and O–H groups in total. The number of rotatable bonds is 5. The molecule has 1 heterocycles. The van der Waals surface area contributed by atoms with Crippen LogP contribution in [0.4, 0.5) is 10.1 Å². The third kappa shape index (κ3) is 6.15. The van der Waals surface area contributed by atoms with Crippen LogP contribution < -0.4 is 16.0 Å². The predicted octanol–water partition coefficient (Wildman–Crippen LogP) is 2.33. The minimum atomic E-state index is -0.592. The van der Waals surface area contributed by atoms with Crippen LogP contribution in [0.25, 0.3) is 0 Å². The molecule has 0 spiro atoms. The van der Waals surface area contributed by atoms with Crippen molar-refractivity contribution in [1.82, 2.24) is 10.6 Å². The van der Waals surface area contributed by atoms with Gasteiger partial charge >= 0.3 is 0 Å². The minimum Gasteiger partial charge on any atom is -0.352 e. The zero-order valence-electron chi connectivity index (χ0n) is 13.2. The third-order valence-corrected chi connectivity index (χ3v) is 3.77. The maximum atomic E-state index is 13.8. The molecule has 1 aromatic carbocycles. The summed E-state index contributed by atoms with van der Waals surface area (Å²) in [4.78, 5) is 23.1. The Morgan fingerprint density at radius 3 is 2.83 bits per heavy atom. The second kappa shape index (κ2) is 9.47. The third-order valence-electron chi connectivity index (χ3n) is 3.77. The van der Waals surface area contributed by atoms with Crippen LogP contribution in [0.15, 0.2) is 18.2 Å². The molecule has 1 saturated heterocycles. The van der Waals surface area contributed by atoms with Crippen LogP contribution >= 0.6 is 12.4 Å². The molecule has 0 saturated carbocycles. The first-order valence-corrected chi connectivity index (χ1v) is 7.62. The molecule has 2 rings (SSSR count).